The van der Waals surface area contributed by atoms with Crippen molar-refractivity contribution in [2.24, 2.45) is 0 Å². The zero-order valence-electron chi connectivity index (χ0n) is 12.6. The summed E-state index contributed by atoms with van der Waals surface area (Å²) in [5.74, 6) is 0.673. The first-order chi connectivity index (χ1) is 10.2. The lowest BCUT2D eigenvalue weighted by Crippen LogP contribution is -2.45. The molecule has 0 unspecified atom stereocenters. The lowest BCUT2D eigenvalue weighted by Gasteiger charge is -2.32. The number of rotatable bonds is 3. The Bertz CT molecular complexity index is 475. The van der Waals surface area contributed by atoms with E-state index in [1.807, 2.05) is 0 Å². The fourth-order valence-electron chi connectivity index (χ4n) is 2.95. The van der Waals surface area contributed by atoms with Crippen molar-refractivity contribution in [3.63, 3.8) is 0 Å². The van der Waals surface area contributed by atoms with Crippen LogP contribution >= 0.6 is 0 Å². The lowest BCUT2D eigenvalue weighted by molar-refractivity contribution is 0.0937. The van der Waals surface area contributed by atoms with Crippen LogP contribution < -0.4 is 10.2 Å². The normalized spacial score (nSPS) is 20.7. The quantitative estimate of drug-likeness (QED) is 0.896. The first-order valence-corrected chi connectivity index (χ1v) is 7.79. The lowest BCUT2D eigenvalue weighted by atomic mass is 10.2. The maximum atomic E-state index is 12.1. The summed E-state index contributed by atoms with van der Waals surface area (Å²) in [7, 11) is 2.12. The van der Waals surface area contributed by atoms with E-state index >= 15 is 0 Å². The van der Waals surface area contributed by atoms with Gasteiger partial charge in [-0.3, -0.25) is 4.79 Å². The van der Waals surface area contributed by atoms with E-state index in [2.05, 4.69) is 32.1 Å². The standard InChI is InChI=1S/C15H23N5O/c1-19-6-8-20(9-7-19)15-16-10-12(11-17-15)14(21)18-13-4-2-3-5-13/h10-11,13H,2-9H2,1H3,(H,18,21). The number of anilines is 1. The molecule has 1 N–H and O–H groups in total. The van der Waals surface area contributed by atoms with Gasteiger partial charge in [-0.1, -0.05) is 12.8 Å². The van der Waals surface area contributed by atoms with Gasteiger partial charge in [0, 0.05) is 44.6 Å². The number of hydrogen-bond donors (Lipinski definition) is 1. The Kier molecular flexibility index (Phi) is 4.34. The van der Waals surface area contributed by atoms with Gasteiger partial charge in [0.2, 0.25) is 5.95 Å². The van der Waals surface area contributed by atoms with Crippen LogP contribution in [0.15, 0.2) is 12.4 Å². The molecule has 0 radical (unpaired) electrons. The molecular formula is C15H23N5O. The molecule has 1 amide bonds. The minimum Gasteiger partial charge on any atom is -0.349 e. The topological polar surface area (TPSA) is 61.4 Å². The number of likely N-dealkylation sites (N-methyl/N-ethyl adjacent to an activating group) is 1. The molecule has 2 fully saturated rings. The Morgan fingerprint density at radius 2 is 1.76 bits per heavy atom. The maximum Gasteiger partial charge on any atom is 0.254 e. The predicted octanol–water partition coefficient (Wildman–Crippen LogP) is 0.901. The highest BCUT2D eigenvalue weighted by atomic mass is 16.1. The molecule has 0 aromatic carbocycles. The van der Waals surface area contributed by atoms with Gasteiger partial charge in [0.1, 0.15) is 0 Å². The first kappa shape index (κ1) is 14.3. The van der Waals surface area contributed by atoms with E-state index in [1.54, 1.807) is 12.4 Å². The van der Waals surface area contributed by atoms with Crippen LogP contribution in [0.4, 0.5) is 5.95 Å². The minimum atomic E-state index is -0.0492. The summed E-state index contributed by atoms with van der Waals surface area (Å²) in [6, 6.07) is 0.329. The molecule has 114 valence electrons. The Hall–Kier alpha value is -1.69. The maximum absolute atomic E-state index is 12.1. The van der Waals surface area contributed by atoms with E-state index in [0.29, 0.717) is 11.6 Å². The van der Waals surface area contributed by atoms with Gasteiger partial charge >= 0.3 is 0 Å². The van der Waals surface area contributed by atoms with E-state index in [1.165, 1.54) is 12.8 Å². The van der Waals surface area contributed by atoms with Crippen molar-refractivity contribution in [2.75, 3.05) is 38.1 Å². The Morgan fingerprint density at radius 1 is 1.14 bits per heavy atom. The molecule has 3 rings (SSSR count). The molecule has 2 heterocycles. The van der Waals surface area contributed by atoms with Crippen LogP contribution in [0.1, 0.15) is 36.0 Å². The van der Waals surface area contributed by atoms with Crippen molar-refractivity contribution in [1.29, 1.82) is 0 Å². The molecule has 1 saturated carbocycles. The number of aromatic nitrogens is 2. The van der Waals surface area contributed by atoms with E-state index in [0.717, 1.165) is 45.0 Å². The Balaban J connectivity index is 1.59. The average molecular weight is 289 g/mol. The van der Waals surface area contributed by atoms with Crippen molar-refractivity contribution < 1.29 is 4.79 Å². The third kappa shape index (κ3) is 3.50. The van der Waals surface area contributed by atoms with Crippen LogP contribution in [0.5, 0.6) is 0 Å². The van der Waals surface area contributed by atoms with Gasteiger partial charge in [0.25, 0.3) is 5.91 Å². The molecule has 0 spiro atoms. The SMILES string of the molecule is CN1CCN(c2ncc(C(=O)NC3CCCC3)cn2)CC1. The van der Waals surface area contributed by atoms with E-state index in [-0.39, 0.29) is 5.91 Å². The number of carbonyl (C=O) groups is 1. The third-order valence-electron chi connectivity index (χ3n) is 4.38. The molecule has 6 heteroatoms. The highest BCUT2D eigenvalue weighted by molar-refractivity contribution is 5.93. The Labute approximate surface area is 125 Å². The molecule has 21 heavy (non-hydrogen) atoms. The monoisotopic (exact) mass is 289 g/mol. The number of amides is 1. The summed E-state index contributed by atoms with van der Waals surface area (Å²) >= 11 is 0. The summed E-state index contributed by atoms with van der Waals surface area (Å²) < 4.78 is 0. The van der Waals surface area contributed by atoms with Crippen molar-refractivity contribution >= 4 is 11.9 Å². The zero-order valence-corrected chi connectivity index (χ0v) is 12.6. The van der Waals surface area contributed by atoms with Crippen molar-refractivity contribution in [3.8, 4) is 0 Å². The number of nitrogens with one attached hydrogen (secondary N) is 1. The van der Waals surface area contributed by atoms with Crippen molar-refractivity contribution in [2.45, 2.75) is 31.7 Å². The van der Waals surface area contributed by atoms with E-state index in [9.17, 15) is 4.79 Å². The number of hydrogen-bond acceptors (Lipinski definition) is 5. The summed E-state index contributed by atoms with van der Waals surface area (Å²) in [4.78, 5) is 25.3. The summed E-state index contributed by atoms with van der Waals surface area (Å²) in [6.07, 6.45) is 7.89. The highest BCUT2D eigenvalue weighted by Crippen LogP contribution is 2.18. The number of nitrogens with zero attached hydrogens (tertiary/aromatic N) is 4. The molecule has 1 aliphatic heterocycles. The van der Waals surface area contributed by atoms with Crippen LogP contribution in [0.3, 0.4) is 0 Å². The third-order valence-corrected chi connectivity index (χ3v) is 4.38. The van der Waals surface area contributed by atoms with Crippen LogP contribution in [-0.2, 0) is 0 Å². The molecule has 1 saturated heterocycles. The molecule has 2 aliphatic rings. The van der Waals surface area contributed by atoms with Crippen LogP contribution in [0.25, 0.3) is 0 Å². The Morgan fingerprint density at radius 3 is 2.38 bits per heavy atom. The number of piperazine rings is 1. The van der Waals surface area contributed by atoms with Gasteiger partial charge in [0.15, 0.2) is 0 Å². The van der Waals surface area contributed by atoms with Gasteiger partial charge in [-0.25, -0.2) is 9.97 Å². The predicted molar refractivity (Wildman–Crippen MR) is 81.5 cm³/mol. The van der Waals surface area contributed by atoms with Gasteiger partial charge in [0.05, 0.1) is 5.56 Å². The number of carbonyl (C=O) groups excluding carboxylic acids is 1. The second-order valence-electron chi connectivity index (χ2n) is 6.02. The fraction of sp³-hybridized carbons (Fsp3) is 0.667. The van der Waals surface area contributed by atoms with Crippen LogP contribution in [0.2, 0.25) is 0 Å². The van der Waals surface area contributed by atoms with Gasteiger partial charge in [-0.2, -0.15) is 0 Å². The summed E-state index contributed by atoms with van der Waals surface area (Å²) in [5, 5.41) is 3.06. The first-order valence-electron chi connectivity index (χ1n) is 7.79. The second-order valence-corrected chi connectivity index (χ2v) is 6.02. The van der Waals surface area contributed by atoms with E-state index < -0.39 is 0 Å². The van der Waals surface area contributed by atoms with Crippen molar-refractivity contribution in [3.05, 3.63) is 18.0 Å². The zero-order chi connectivity index (χ0) is 14.7. The summed E-state index contributed by atoms with van der Waals surface area (Å²) in [6.45, 7) is 3.91. The summed E-state index contributed by atoms with van der Waals surface area (Å²) in [5.41, 5.74) is 0.555. The van der Waals surface area contributed by atoms with Crippen LogP contribution in [-0.4, -0.2) is 60.0 Å². The molecule has 1 aromatic heterocycles. The largest absolute Gasteiger partial charge is 0.349 e. The molecule has 1 aromatic rings. The second kappa shape index (κ2) is 6.39. The average Bonchev–Trinajstić information content (AvgIpc) is 3.01. The molecule has 6 nitrogen and oxygen atoms in total. The van der Waals surface area contributed by atoms with Gasteiger partial charge in [-0.05, 0) is 19.9 Å². The van der Waals surface area contributed by atoms with E-state index in [4.69, 9.17) is 0 Å². The van der Waals surface area contributed by atoms with Crippen LogP contribution in [0, 0.1) is 0 Å². The highest BCUT2D eigenvalue weighted by Gasteiger charge is 2.19. The molecule has 0 bridgehead atoms. The van der Waals surface area contributed by atoms with Gasteiger partial charge in [-0.15, -0.1) is 0 Å². The molecule has 0 atom stereocenters. The minimum absolute atomic E-state index is 0.0492. The molecule has 1 aliphatic carbocycles. The fourth-order valence-corrected chi connectivity index (χ4v) is 2.95. The smallest absolute Gasteiger partial charge is 0.254 e. The van der Waals surface area contributed by atoms with Gasteiger partial charge < -0.3 is 15.1 Å². The molecular weight excluding hydrogens is 266 g/mol. The van der Waals surface area contributed by atoms with Crippen molar-refractivity contribution in [1.82, 2.24) is 20.2 Å².